The Labute approximate surface area is 228 Å². The van der Waals surface area contributed by atoms with Crippen molar-refractivity contribution in [1.29, 1.82) is 0 Å². The van der Waals surface area contributed by atoms with E-state index < -0.39 is 0 Å². The van der Waals surface area contributed by atoms with Gasteiger partial charge in [-0.2, -0.15) is 5.10 Å². The Hall–Kier alpha value is -4.11. The second-order valence-corrected chi connectivity index (χ2v) is 9.53. The average Bonchev–Trinajstić information content (AvgIpc) is 3.43. The van der Waals surface area contributed by atoms with Crippen molar-refractivity contribution in [2.45, 2.75) is 12.5 Å². The molecule has 1 fully saturated rings. The lowest BCUT2D eigenvalue weighted by atomic mass is 9.97. The Morgan fingerprint density at radius 2 is 1.62 bits per heavy atom. The van der Waals surface area contributed by atoms with E-state index in [1.165, 1.54) is 6.07 Å². The number of halogens is 1. The van der Waals surface area contributed by atoms with E-state index >= 15 is 0 Å². The van der Waals surface area contributed by atoms with Crippen molar-refractivity contribution in [1.82, 2.24) is 9.91 Å². The Kier molecular flexibility index (Phi) is 7.97. The molecule has 0 aromatic heterocycles. The Morgan fingerprint density at radius 3 is 2.33 bits per heavy atom. The number of carbonyl (C=O) groups excluding carboxylic acids is 1. The third-order valence-electron chi connectivity index (χ3n) is 7.31. The van der Waals surface area contributed by atoms with Crippen molar-refractivity contribution in [3.63, 3.8) is 0 Å². The minimum absolute atomic E-state index is 0.109. The van der Waals surface area contributed by atoms with Crippen LogP contribution in [0.1, 0.15) is 23.6 Å². The Bertz CT molecular complexity index is 1360. The van der Waals surface area contributed by atoms with E-state index in [1.54, 1.807) is 38.5 Å². The number of ether oxygens (including phenoxy) is 3. The quantitative estimate of drug-likeness (QED) is 0.430. The molecule has 1 unspecified atom stereocenters. The van der Waals surface area contributed by atoms with Crippen LogP contribution in [0.2, 0.25) is 0 Å². The van der Waals surface area contributed by atoms with Gasteiger partial charge in [0.15, 0.2) is 0 Å². The number of para-hydroxylation sites is 2. The zero-order chi connectivity index (χ0) is 27.4. The summed E-state index contributed by atoms with van der Waals surface area (Å²) in [5.74, 6) is 1.67. The first-order valence-electron chi connectivity index (χ1n) is 13.0. The van der Waals surface area contributed by atoms with Gasteiger partial charge in [0, 0.05) is 49.8 Å². The van der Waals surface area contributed by atoms with Gasteiger partial charge in [0.25, 0.3) is 5.91 Å². The summed E-state index contributed by atoms with van der Waals surface area (Å²) in [5, 5.41) is 6.41. The van der Waals surface area contributed by atoms with Gasteiger partial charge >= 0.3 is 0 Å². The van der Waals surface area contributed by atoms with Crippen LogP contribution in [-0.4, -0.2) is 75.6 Å². The monoisotopic (exact) mass is 532 g/mol. The first-order chi connectivity index (χ1) is 19.0. The molecule has 8 nitrogen and oxygen atoms in total. The van der Waals surface area contributed by atoms with Gasteiger partial charge in [0.1, 0.15) is 23.1 Å². The number of carbonyl (C=O) groups is 1. The fraction of sp³-hybridized carbons (Fsp3) is 0.333. The van der Waals surface area contributed by atoms with Crippen LogP contribution in [0.25, 0.3) is 0 Å². The number of hydrogen-bond acceptors (Lipinski definition) is 7. The number of amides is 1. The highest BCUT2D eigenvalue weighted by atomic mass is 19.1. The molecule has 3 aromatic rings. The fourth-order valence-electron chi connectivity index (χ4n) is 5.24. The number of benzene rings is 3. The van der Waals surface area contributed by atoms with Crippen LogP contribution in [0, 0.1) is 5.82 Å². The second-order valence-electron chi connectivity index (χ2n) is 9.53. The summed E-state index contributed by atoms with van der Waals surface area (Å²) in [6.07, 6.45) is 0.510. The van der Waals surface area contributed by atoms with E-state index in [1.807, 2.05) is 53.4 Å². The highest BCUT2D eigenvalue weighted by molar-refractivity contribution is 6.05. The second kappa shape index (κ2) is 11.7. The Morgan fingerprint density at radius 1 is 0.897 bits per heavy atom. The SMILES string of the molecule is COc1ccc(C2CC(c3ccccc3OC)=NN2C(=O)CN2CCN(c3ccccc3F)CC2)c(OC)c1. The number of rotatable bonds is 8. The van der Waals surface area contributed by atoms with Crippen LogP contribution in [-0.2, 0) is 4.79 Å². The summed E-state index contributed by atoms with van der Waals surface area (Å²) in [7, 11) is 4.84. The molecule has 0 bridgehead atoms. The molecule has 2 aliphatic heterocycles. The molecule has 9 heteroatoms. The van der Waals surface area contributed by atoms with E-state index in [-0.39, 0.29) is 24.3 Å². The largest absolute Gasteiger partial charge is 0.497 e. The first-order valence-corrected chi connectivity index (χ1v) is 13.0. The summed E-state index contributed by atoms with van der Waals surface area (Å²) in [4.78, 5) is 17.9. The molecule has 3 aromatic carbocycles. The van der Waals surface area contributed by atoms with E-state index in [4.69, 9.17) is 19.3 Å². The van der Waals surface area contributed by atoms with Gasteiger partial charge in [-0.25, -0.2) is 9.40 Å². The highest BCUT2D eigenvalue weighted by Gasteiger charge is 2.36. The van der Waals surface area contributed by atoms with Gasteiger partial charge in [-0.15, -0.1) is 0 Å². The molecule has 0 radical (unpaired) electrons. The van der Waals surface area contributed by atoms with Gasteiger partial charge in [0.05, 0.1) is 45.3 Å². The molecule has 1 saturated heterocycles. The van der Waals surface area contributed by atoms with Crippen LogP contribution < -0.4 is 19.1 Å². The zero-order valence-corrected chi connectivity index (χ0v) is 22.5. The van der Waals surface area contributed by atoms with Crippen molar-refractivity contribution in [3.05, 3.63) is 83.7 Å². The maximum absolute atomic E-state index is 14.3. The molecule has 39 heavy (non-hydrogen) atoms. The van der Waals surface area contributed by atoms with E-state index in [2.05, 4.69) is 4.90 Å². The summed E-state index contributed by atoms with van der Waals surface area (Å²) in [6.45, 7) is 2.78. The van der Waals surface area contributed by atoms with E-state index in [0.29, 0.717) is 55.5 Å². The lowest BCUT2D eigenvalue weighted by Gasteiger charge is -2.36. The molecular formula is C30H33FN4O4. The summed E-state index contributed by atoms with van der Waals surface area (Å²) >= 11 is 0. The van der Waals surface area contributed by atoms with Crippen molar-refractivity contribution in [2.24, 2.45) is 5.10 Å². The van der Waals surface area contributed by atoms with Gasteiger partial charge in [-0.1, -0.05) is 24.3 Å². The lowest BCUT2D eigenvalue weighted by Crippen LogP contribution is -2.49. The van der Waals surface area contributed by atoms with Crippen LogP contribution >= 0.6 is 0 Å². The molecule has 2 heterocycles. The van der Waals surface area contributed by atoms with Crippen LogP contribution in [0.15, 0.2) is 71.8 Å². The van der Waals surface area contributed by atoms with Gasteiger partial charge < -0.3 is 19.1 Å². The molecule has 0 spiro atoms. The van der Waals surface area contributed by atoms with Crippen molar-refractivity contribution >= 4 is 17.3 Å². The third kappa shape index (κ3) is 5.54. The standard InChI is InChI=1S/C30H33FN4O4/c1-37-21-12-13-23(29(18-21)39-3)27-19-25(22-8-4-7-11-28(22)38-2)32-35(27)30(36)20-33-14-16-34(17-15-33)26-10-6-5-9-24(26)31/h4-13,18,27H,14-17,19-20H2,1-3H3. The molecule has 5 rings (SSSR count). The number of hydrazone groups is 1. The first kappa shape index (κ1) is 26.5. The molecular weight excluding hydrogens is 499 g/mol. The molecule has 2 aliphatic rings. The fourth-order valence-corrected chi connectivity index (χ4v) is 5.24. The van der Waals surface area contributed by atoms with Crippen LogP contribution in [0.5, 0.6) is 17.2 Å². The number of nitrogens with zero attached hydrogens (tertiary/aromatic N) is 4. The van der Waals surface area contributed by atoms with E-state index in [9.17, 15) is 9.18 Å². The normalized spacial score (nSPS) is 17.6. The van der Waals surface area contributed by atoms with Crippen LogP contribution in [0.3, 0.4) is 0 Å². The molecule has 0 N–H and O–H groups in total. The van der Waals surface area contributed by atoms with Gasteiger partial charge in [-0.05, 0) is 36.4 Å². The van der Waals surface area contributed by atoms with Crippen molar-refractivity contribution in [3.8, 4) is 17.2 Å². The minimum atomic E-state index is -0.349. The molecule has 204 valence electrons. The number of hydrogen-bond donors (Lipinski definition) is 0. The van der Waals surface area contributed by atoms with Gasteiger partial charge in [-0.3, -0.25) is 9.69 Å². The molecule has 0 aliphatic carbocycles. The maximum atomic E-state index is 14.3. The summed E-state index contributed by atoms with van der Waals surface area (Å²) < 4.78 is 30.9. The summed E-state index contributed by atoms with van der Waals surface area (Å²) in [6, 6.07) is 19.7. The van der Waals surface area contributed by atoms with Crippen molar-refractivity contribution in [2.75, 3.05) is 59.0 Å². The zero-order valence-electron chi connectivity index (χ0n) is 22.5. The van der Waals surface area contributed by atoms with Crippen LogP contribution in [0.4, 0.5) is 10.1 Å². The predicted octanol–water partition coefficient (Wildman–Crippen LogP) is 4.35. The number of anilines is 1. The van der Waals surface area contributed by atoms with Crippen molar-refractivity contribution < 1.29 is 23.4 Å². The minimum Gasteiger partial charge on any atom is -0.497 e. The highest BCUT2D eigenvalue weighted by Crippen LogP contribution is 2.40. The smallest absolute Gasteiger partial charge is 0.257 e. The lowest BCUT2D eigenvalue weighted by molar-refractivity contribution is -0.134. The molecule has 1 atom stereocenters. The molecule has 0 saturated carbocycles. The predicted molar refractivity (Wildman–Crippen MR) is 148 cm³/mol. The summed E-state index contributed by atoms with van der Waals surface area (Å²) in [5.41, 5.74) is 3.07. The topological polar surface area (TPSA) is 66.8 Å². The van der Waals surface area contributed by atoms with E-state index in [0.717, 1.165) is 16.8 Å². The maximum Gasteiger partial charge on any atom is 0.257 e. The van der Waals surface area contributed by atoms with Gasteiger partial charge in [0.2, 0.25) is 0 Å². The third-order valence-corrected chi connectivity index (χ3v) is 7.31. The number of piperazine rings is 1. The Balaban J connectivity index is 1.38. The molecule has 1 amide bonds. The average molecular weight is 533 g/mol. The number of methoxy groups -OCH3 is 3.